The summed E-state index contributed by atoms with van der Waals surface area (Å²) in [6.45, 7) is 0. The Hall–Kier alpha value is -1.70. The highest BCUT2D eigenvalue weighted by atomic mass is 79.9. The lowest BCUT2D eigenvalue weighted by Gasteiger charge is -2.04. The van der Waals surface area contributed by atoms with Crippen LogP contribution in [0.2, 0.25) is 0 Å². The maximum atomic E-state index is 5.45. The summed E-state index contributed by atoms with van der Waals surface area (Å²) in [5, 5.41) is 3.94. The molecule has 0 aromatic carbocycles. The molecule has 2 aromatic heterocycles. The first kappa shape index (κ1) is 9.84. The minimum absolute atomic E-state index is 0.148. The highest BCUT2D eigenvalue weighted by Gasteiger charge is 2.13. The zero-order valence-corrected chi connectivity index (χ0v) is 9.34. The van der Waals surface area contributed by atoms with Gasteiger partial charge in [0.25, 0.3) is 5.88 Å². The van der Waals surface area contributed by atoms with E-state index in [1.54, 1.807) is 0 Å². The minimum Gasteiger partial charge on any atom is -0.478 e. The van der Waals surface area contributed by atoms with Crippen molar-refractivity contribution in [3.63, 3.8) is 0 Å². The molecule has 8 heteroatoms. The van der Waals surface area contributed by atoms with Gasteiger partial charge in [-0.1, -0.05) is 0 Å². The molecule has 0 bridgehead atoms. The van der Waals surface area contributed by atoms with Crippen LogP contribution in [-0.4, -0.2) is 31.8 Å². The van der Waals surface area contributed by atoms with Crippen LogP contribution in [0.1, 0.15) is 0 Å². The number of nitrogens with zero attached hydrogens (tertiary/aromatic N) is 5. The van der Waals surface area contributed by atoms with Crippen LogP contribution in [-0.2, 0) is 0 Å². The molecule has 0 aliphatic rings. The Kier molecular flexibility index (Phi) is 2.50. The SMILES string of the molecule is COc1nccnc1-n1nc(N)nc1Br. The molecule has 0 radical (unpaired) electrons. The van der Waals surface area contributed by atoms with Gasteiger partial charge in [-0.2, -0.15) is 9.67 Å². The van der Waals surface area contributed by atoms with E-state index in [-0.39, 0.29) is 5.95 Å². The molecule has 2 N–H and O–H groups in total. The maximum Gasteiger partial charge on any atom is 0.259 e. The average molecular weight is 271 g/mol. The van der Waals surface area contributed by atoms with Crippen LogP contribution in [0.5, 0.6) is 5.88 Å². The zero-order chi connectivity index (χ0) is 10.8. The van der Waals surface area contributed by atoms with Gasteiger partial charge in [0.2, 0.25) is 16.5 Å². The van der Waals surface area contributed by atoms with Gasteiger partial charge in [-0.3, -0.25) is 0 Å². The molecule has 0 saturated carbocycles. The average Bonchev–Trinajstić information content (AvgIpc) is 2.57. The number of halogens is 1. The first-order valence-electron chi connectivity index (χ1n) is 3.96. The van der Waals surface area contributed by atoms with Crippen molar-refractivity contribution in [2.45, 2.75) is 0 Å². The number of hydrogen-bond donors (Lipinski definition) is 1. The highest BCUT2D eigenvalue weighted by Crippen LogP contribution is 2.20. The van der Waals surface area contributed by atoms with E-state index in [4.69, 9.17) is 10.5 Å². The highest BCUT2D eigenvalue weighted by molar-refractivity contribution is 9.10. The summed E-state index contributed by atoms with van der Waals surface area (Å²) in [6.07, 6.45) is 3.05. The molecule has 2 heterocycles. The number of methoxy groups -OCH3 is 1. The maximum absolute atomic E-state index is 5.45. The lowest BCUT2D eigenvalue weighted by atomic mass is 10.6. The molecule has 78 valence electrons. The fourth-order valence-corrected chi connectivity index (χ4v) is 1.48. The second kappa shape index (κ2) is 3.81. The summed E-state index contributed by atoms with van der Waals surface area (Å²) in [7, 11) is 1.50. The molecule has 0 unspecified atom stereocenters. The largest absolute Gasteiger partial charge is 0.478 e. The molecular formula is C7H7BrN6O. The van der Waals surface area contributed by atoms with Gasteiger partial charge in [0, 0.05) is 12.4 Å². The van der Waals surface area contributed by atoms with Crippen LogP contribution in [0.3, 0.4) is 0 Å². The van der Waals surface area contributed by atoms with E-state index in [2.05, 4.69) is 36.0 Å². The number of hydrogen-bond acceptors (Lipinski definition) is 6. The van der Waals surface area contributed by atoms with Crippen molar-refractivity contribution in [3.8, 4) is 11.7 Å². The van der Waals surface area contributed by atoms with Gasteiger partial charge in [-0.05, 0) is 15.9 Å². The summed E-state index contributed by atoms with van der Waals surface area (Å²) in [6, 6.07) is 0. The monoisotopic (exact) mass is 270 g/mol. The van der Waals surface area contributed by atoms with Gasteiger partial charge in [0.15, 0.2) is 0 Å². The Labute approximate surface area is 93.4 Å². The van der Waals surface area contributed by atoms with Crippen molar-refractivity contribution >= 4 is 21.9 Å². The second-order valence-electron chi connectivity index (χ2n) is 2.54. The number of rotatable bonds is 2. The lowest BCUT2D eigenvalue weighted by molar-refractivity contribution is 0.391. The standard InChI is InChI=1S/C7H7BrN6O/c1-15-5-4(10-2-3-11-5)14-6(8)12-7(9)13-14/h2-3H,1H3,(H2,9,13). The molecule has 2 rings (SSSR count). The first-order chi connectivity index (χ1) is 7.22. The summed E-state index contributed by atoms with van der Waals surface area (Å²) in [4.78, 5) is 12.0. The molecule has 2 aromatic rings. The van der Waals surface area contributed by atoms with E-state index in [9.17, 15) is 0 Å². The van der Waals surface area contributed by atoms with Gasteiger partial charge in [0.05, 0.1) is 7.11 Å². The fourth-order valence-electron chi connectivity index (χ4n) is 1.05. The number of nitrogens with two attached hydrogens (primary N) is 1. The molecular weight excluding hydrogens is 264 g/mol. The normalized spacial score (nSPS) is 10.3. The van der Waals surface area contributed by atoms with Crippen LogP contribution >= 0.6 is 15.9 Å². The topological polar surface area (TPSA) is 91.7 Å². The Bertz CT molecular complexity index is 484. The smallest absolute Gasteiger partial charge is 0.259 e. The van der Waals surface area contributed by atoms with Gasteiger partial charge < -0.3 is 10.5 Å². The van der Waals surface area contributed by atoms with Crippen molar-refractivity contribution in [1.29, 1.82) is 0 Å². The van der Waals surface area contributed by atoms with E-state index in [1.165, 1.54) is 24.2 Å². The van der Waals surface area contributed by atoms with Crippen molar-refractivity contribution in [2.24, 2.45) is 0 Å². The van der Waals surface area contributed by atoms with E-state index in [0.29, 0.717) is 16.4 Å². The summed E-state index contributed by atoms with van der Waals surface area (Å²) in [5.41, 5.74) is 5.45. The van der Waals surface area contributed by atoms with Crippen LogP contribution < -0.4 is 10.5 Å². The third-order valence-electron chi connectivity index (χ3n) is 1.62. The Morgan fingerprint density at radius 2 is 2.13 bits per heavy atom. The molecule has 0 aliphatic carbocycles. The summed E-state index contributed by atoms with van der Waals surface area (Å²) in [5.74, 6) is 0.925. The zero-order valence-electron chi connectivity index (χ0n) is 7.75. The second-order valence-corrected chi connectivity index (χ2v) is 3.25. The third kappa shape index (κ3) is 1.75. The molecule has 0 aliphatic heterocycles. The van der Waals surface area contributed by atoms with Crippen LogP contribution in [0, 0.1) is 0 Å². The minimum atomic E-state index is 0.148. The van der Waals surface area contributed by atoms with Crippen LogP contribution in [0.4, 0.5) is 5.95 Å². The molecule has 0 amide bonds. The van der Waals surface area contributed by atoms with E-state index in [1.807, 2.05) is 0 Å². The Balaban J connectivity index is 2.58. The summed E-state index contributed by atoms with van der Waals surface area (Å²) >= 11 is 3.20. The Morgan fingerprint density at radius 1 is 1.40 bits per heavy atom. The number of anilines is 1. The lowest BCUT2D eigenvalue weighted by Crippen LogP contribution is -2.04. The number of aromatic nitrogens is 5. The number of ether oxygens (including phenoxy) is 1. The number of nitrogen functional groups attached to an aromatic ring is 1. The van der Waals surface area contributed by atoms with Gasteiger partial charge in [-0.25, -0.2) is 9.97 Å². The van der Waals surface area contributed by atoms with Crippen molar-refractivity contribution < 1.29 is 4.74 Å². The molecule has 0 atom stereocenters. The fraction of sp³-hybridized carbons (Fsp3) is 0.143. The first-order valence-corrected chi connectivity index (χ1v) is 4.75. The van der Waals surface area contributed by atoms with Gasteiger partial charge in [0.1, 0.15) is 0 Å². The van der Waals surface area contributed by atoms with Crippen molar-refractivity contribution in [1.82, 2.24) is 24.7 Å². The molecule has 7 nitrogen and oxygen atoms in total. The predicted octanol–water partition coefficient (Wildman–Crippen LogP) is 0.411. The van der Waals surface area contributed by atoms with Crippen LogP contribution in [0.25, 0.3) is 5.82 Å². The van der Waals surface area contributed by atoms with Gasteiger partial charge >= 0.3 is 0 Å². The Morgan fingerprint density at radius 3 is 2.73 bits per heavy atom. The van der Waals surface area contributed by atoms with Gasteiger partial charge in [-0.15, -0.1) is 5.10 Å². The molecule has 15 heavy (non-hydrogen) atoms. The van der Waals surface area contributed by atoms with Crippen molar-refractivity contribution in [2.75, 3.05) is 12.8 Å². The van der Waals surface area contributed by atoms with E-state index in [0.717, 1.165) is 0 Å². The molecule has 0 spiro atoms. The summed E-state index contributed by atoms with van der Waals surface area (Å²) < 4.78 is 6.89. The molecule has 0 fully saturated rings. The van der Waals surface area contributed by atoms with Crippen LogP contribution in [0.15, 0.2) is 17.1 Å². The third-order valence-corrected chi connectivity index (χ3v) is 2.14. The predicted molar refractivity (Wildman–Crippen MR) is 55.6 cm³/mol. The molecule has 0 saturated heterocycles. The van der Waals surface area contributed by atoms with E-state index >= 15 is 0 Å². The van der Waals surface area contributed by atoms with E-state index < -0.39 is 0 Å². The van der Waals surface area contributed by atoms with Crippen molar-refractivity contribution in [3.05, 3.63) is 17.1 Å². The quantitative estimate of drug-likeness (QED) is 0.850.